The average molecular weight is 192 g/mol. The van der Waals surface area contributed by atoms with E-state index in [1.165, 1.54) is 37.2 Å². The van der Waals surface area contributed by atoms with E-state index in [9.17, 15) is 0 Å². The maximum atomic E-state index is 4.75. The number of aryl methyl sites for hydroxylation is 1. The second-order valence-corrected chi connectivity index (χ2v) is 4.77. The largest absolute Gasteiger partial charge is 0.337 e. The SMILES string of the molecule is CC(C)c1nc(C2CCCC2)cn1C. The molecule has 0 radical (unpaired) electrons. The minimum atomic E-state index is 0.537. The van der Waals surface area contributed by atoms with Gasteiger partial charge in [-0.3, -0.25) is 0 Å². The van der Waals surface area contributed by atoms with Gasteiger partial charge < -0.3 is 4.57 Å². The minimum Gasteiger partial charge on any atom is -0.337 e. The fourth-order valence-corrected chi connectivity index (χ4v) is 2.46. The lowest BCUT2D eigenvalue weighted by atomic mass is 10.1. The normalized spacial score (nSPS) is 18.3. The summed E-state index contributed by atoms with van der Waals surface area (Å²) in [5.74, 6) is 2.51. The third-order valence-electron chi connectivity index (χ3n) is 3.22. The summed E-state index contributed by atoms with van der Waals surface area (Å²) in [6, 6.07) is 0. The molecule has 2 heteroatoms. The Kier molecular flexibility index (Phi) is 2.62. The van der Waals surface area contributed by atoms with Crippen LogP contribution in [0.4, 0.5) is 0 Å². The van der Waals surface area contributed by atoms with E-state index in [0.717, 1.165) is 5.92 Å². The van der Waals surface area contributed by atoms with E-state index in [1.807, 2.05) is 0 Å². The molecule has 0 N–H and O–H groups in total. The highest BCUT2D eigenvalue weighted by Crippen LogP contribution is 2.33. The van der Waals surface area contributed by atoms with Crippen LogP contribution in [0, 0.1) is 0 Å². The van der Waals surface area contributed by atoms with Crippen molar-refractivity contribution < 1.29 is 0 Å². The van der Waals surface area contributed by atoms with Gasteiger partial charge in [-0.15, -0.1) is 0 Å². The Morgan fingerprint density at radius 3 is 2.50 bits per heavy atom. The van der Waals surface area contributed by atoms with Gasteiger partial charge >= 0.3 is 0 Å². The van der Waals surface area contributed by atoms with Crippen LogP contribution in [-0.4, -0.2) is 9.55 Å². The molecule has 2 nitrogen and oxygen atoms in total. The van der Waals surface area contributed by atoms with Crippen LogP contribution in [0.3, 0.4) is 0 Å². The molecular formula is C12H20N2. The lowest BCUT2D eigenvalue weighted by molar-refractivity contribution is 0.688. The number of rotatable bonds is 2. The zero-order chi connectivity index (χ0) is 10.1. The summed E-state index contributed by atoms with van der Waals surface area (Å²) < 4.78 is 2.19. The van der Waals surface area contributed by atoms with Crippen molar-refractivity contribution in [2.75, 3.05) is 0 Å². The number of aromatic nitrogens is 2. The van der Waals surface area contributed by atoms with Gasteiger partial charge in [-0.2, -0.15) is 0 Å². The summed E-state index contributed by atoms with van der Waals surface area (Å²) in [7, 11) is 2.11. The van der Waals surface area contributed by atoms with E-state index in [2.05, 4.69) is 31.7 Å². The van der Waals surface area contributed by atoms with Crippen molar-refractivity contribution in [3.63, 3.8) is 0 Å². The molecule has 1 aromatic heterocycles. The Morgan fingerprint density at radius 2 is 2.00 bits per heavy atom. The molecule has 1 aliphatic carbocycles. The summed E-state index contributed by atoms with van der Waals surface area (Å²) in [6.07, 6.45) is 7.69. The molecule has 0 amide bonds. The number of hydrogen-bond acceptors (Lipinski definition) is 1. The van der Waals surface area contributed by atoms with Crippen LogP contribution < -0.4 is 0 Å². The highest BCUT2D eigenvalue weighted by atomic mass is 15.1. The summed E-state index contributed by atoms with van der Waals surface area (Å²) in [5.41, 5.74) is 1.33. The average Bonchev–Trinajstić information content (AvgIpc) is 2.70. The van der Waals surface area contributed by atoms with Gasteiger partial charge in [0.25, 0.3) is 0 Å². The van der Waals surface area contributed by atoms with Crippen LogP contribution in [0.1, 0.15) is 62.9 Å². The van der Waals surface area contributed by atoms with Crippen LogP contribution in [0.15, 0.2) is 6.20 Å². The van der Waals surface area contributed by atoms with Gasteiger partial charge in [-0.1, -0.05) is 26.7 Å². The van der Waals surface area contributed by atoms with Crippen molar-refractivity contribution in [3.05, 3.63) is 17.7 Å². The van der Waals surface area contributed by atoms with Gasteiger partial charge in [0.2, 0.25) is 0 Å². The summed E-state index contributed by atoms with van der Waals surface area (Å²) >= 11 is 0. The van der Waals surface area contributed by atoms with Crippen LogP contribution in [0.25, 0.3) is 0 Å². The molecule has 14 heavy (non-hydrogen) atoms. The first-order valence-corrected chi connectivity index (χ1v) is 5.71. The van der Waals surface area contributed by atoms with Crippen molar-refractivity contribution in [1.82, 2.24) is 9.55 Å². The first-order chi connectivity index (χ1) is 6.68. The van der Waals surface area contributed by atoms with E-state index in [4.69, 9.17) is 4.98 Å². The molecule has 0 saturated heterocycles. The van der Waals surface area contributed by atoms with E-state index in [1.54, 1.807) is 0 Å². The number of imidazole rings is 1. The molecule has 0 aliphatic heterocycles. The molecule has 0 spiro atoms. The Hall–Kier alpha value is -0.790. The second kappa shape index (κ2) is 3.76. The monoisotopic (exact) mass is 192 g/mol. The van der Waals surface area contributed by atoms with E-state index < -0.39 is 0 Å². The molecule has 1 fully saturated rings. The fourth-order valence-electron chi connectivity index (χ4n) is 2.46. The van der Waals surface area contributed by atoms with Gasteiger partial charge in [0.15, 0.2) is 0 Å². The van der Waals surface area contributed by atoms with E-state index in [0.29, 0.717) is 5.92 Å². The number of nitrogens with zero attached hydrogens (tertiary/aromatic N) is 2. The molecule has 2 rings (SSSR count). The summed E-state index contributed by atoms with van der Waals surface area (Å²) in [6.45, 7) is 4.42. The molecule has 1 aromatic rings. The van der Waals surface area contributed by atoms with Crippen LogP contribution in [0.5, 0.6) is 0 Å². The third-order valence-corrected chi connectivity index (χ3v) is 3.22. The highest BCUT2D eigenvalue weighted by molar-refractivity contribution is 5.12. The first-order valence-electron chi connectivity index (χ1n) is 5.71. The Balaban J connectivity index is 2.22. The zero-order valence-electron chi connectivity index (χ0n) is 9.45. The van der Waals surface area contributed by atoms with Gasteiger partial charge in [-0.05, 0) is 12.8 Å². The summed E-state index contributed by atoms with van der Waals surface area (Å²) in [4.78, 5) is 4.75. The molecule has 1 aliphatic rings. The van der Waals surface area contributed by atoms with Gasteiger partial charge in [0, 0.05) is 25.1 Å². The standard InChI is InChI=1S/C12H20N2/c1-9(2)12-13-11(8-14(12)3)10-6-4-5-7-10/h8-10H,4-7H2,1-3H3. The highest BCUT2D eigenvalue weighted by Gasteiger charge is 2.20. The van der Waals surface area contributed by atoms with E-state index >= 15 is 0 Å². The maximum absolute atomic E-state index is 4.75. The van der Waals surface area contributed by atoms with Crippen molar-refractivity contribution in [1.29, 1.82) is 0 Å². The Morgan fingerprint density at radius 1 is 1.36 bits per heavy atom. The molecule has 1 saturated carbocycles. The quantitative estimate of drug-likeness (QED) is 0.703. The van der Waals surface area contributed by atoms with Crippen LogP contribution in [0.2, 0.25) is 0 Å². The van der Waals surface area contributed by atoms with Gasteiger partial charge in [0.05, 0.1) is 5.69 Å². The predicted octanol–water partition coefficient (Wildman–Crippen LogP) is 3.20. The smallest absolute Gasteiger partial charge is 0.111 e. The summed E-state index contributed by atoms with van der Waals surface area (Å²) in [5, 5.41) is 0. The number of hydrogen-bond donors (Lipinski definition) is 0. The molecule has 1 heterocycles. The second-order valence-electron chi connectivity index (χ2n) is 4.77. The molecular weight excluding hydrogens is 172 g/mol. The topological polar surface area (TPSA) is 17.8 Å². The van der Waals surface area contributed by atoms with Gasteiger partial charge in [-0.25, -0.2) is 4.98 Å². The minimum absolute atomic E-state index is 0.537. The fraction of sp³-hybridized carbons (Fsp3) is 0.750. The maximum Gasteiger partial charge on any atom is 0.111 e. The van der Waals surface area contributed by atoms with Gasteiger partial charge in [0.1, 0.15) is 5.82 Å². The van der Waals surface area contributed by atoms with Crippen LogP contribution >= 0.6 is 0 Å². The zero-order valence-corrected chi connectivity index (χ0v) is 9.45. The molecule has 0 bridgehead atoms. The molecule has 78 valence electrons. The molecule has 0 atom stereocenters. The van der Waals surface area contributed by atoms with Crippen molar-refractivity contribution >= 4 is 0 Å². The lowest BCUT2D eigenvalue weighted by Crippen LogP contribution is -1.98. The molecule has 0 aromatic carbocycles. The van der Waals surface area contributed by atoms with Crippen molar-refractivity contribution in [2.45, 2.75) is 51.4 Å². The molecule has 0 unspecified atom stereocenters. The van der Waals surface area contributed by atoms with E-state index in [-0.39, 0.29) is 0 Å². The lowest BCUT2D eigenvalue weighted by Gasteiger charge is -2.04. The first kappa shape index (κ1) is 9.75. The predicted molar refractivity (Wildman–Crippen MR) is 58.5 cm³/mol. The Labute approximate surface area is 86.3 Å². The third kappa shape index (κ3) is 1.70. The van der Waals surface area contributed by atoms with Crippen molar-refractivity contribution in [2.24, 2.45) is 7.05 Å². The van der Waals surface area contributed by atoms with Crippen molar-refractivity contribution in [3.8, 4) is 0 Å². The Bertz CT molecular complexity index is 306. The van der Waals surface area contributed by atoms with Crippen LogP contribution in [-0.2, 0) is 7.05 Å².